The van der Waals surface area contributed by atoms with Crippen molar-refractivity contribution in [2.75, 3.05) is 0 Å². The van der Waals surface area contributed by atoms with Gasteiger partial charge >= 0.3 is 17.9 Å². The van der Waals surface area contributed by atoms with Crippen LogP contribution < -0.4 is 14.2 Å². The van der Waals surface area contributed by atoms with Crippen molar-refractivity contribution in [1.29, 1.82) is 0 Å². The number of rotatable bonds is 5. The average Bonchev–Trinajstić information content (AvgIpc) is 2.60. The molecule has 0 radical (unpaired) electrons. The zero-order chi connectivity index (χ0) is 21.9. The van der Waals surface area contributed by atoms with Gasteiger partial charge in [0, 0.05) is 31.9 Å². The monoisotopic (exact) mass is 398 g/mol. The number of hydrogen-bond donors (Lipinski definition) is 0. The Hall–Kier alpha value is -3.48. The van der Waals surface area contributed by atoms with Crippen LogP contribution in [0.5, 0.6) is 17.2 Å². The van der Waals surface area contributed by atoms with Gasteiger partial charge in [-0.3, -0.25) is 19.2 Å². The van der Waals surface area contributed by atoms with Crippen LogP contribution in [-0.2, 0) is 14.4 Å². The molecular weight excluding hydrogens is 376 g/mol. The third kappa shape index (κ3) is 5.07. The van der Waals surface area contributed by atoms with Gasteiger partial charge in [-0.1, -0.05) is 6.07 Å². The molecule has 0 aliphatic rings. The molecule has 7 nitrogen and oxygen atoms in total. The summed E-state index contributed by atoms with van der Waals surface area (Å²) in [5.74, 6) is -1.86. The largest absolute Gasteiger partial charge is 0.426 e. The minimum absolute atomic E-state index is 0.0949. The fourth-order valence-corrected chi connectivity index (χ4v) is 2.71. The molecule has 0 aliphatic carbocycles. The van der Waals surface area contributed by atoms with Crippen LogP contribution in [-0.4, -0.2) is 23.7 Å². The number of ketones is 1. The topological polar surface area (TPSA) is 96.0 Å². The first kappa shape index (κ1) is 21.8. The van der Waals surface area contributed by atoms with Crippen molar-refractivity contribution in [3.8, 4) is 17.2 Å². The van der Waals surface area contributed by atoms with Crippen LogP contribution in [0.1, 0.15) is 53.4 Å². The van der Waals surface area contributed by atoms with E-state index >= 15 is 0 Å². The maximum atomic E-state index is 13.2. The predicted molar refractivity (Wildman–Crippen MR) is 104 cm³/mol. The summed E-state index contributed by atoms with van der Waals surface area (Å²) >= 11 is 0. The zero-order valence-corrected chi connectivity index (χ0v) is 17.2. The van der Waals surface area contributed by atoms with Crippen LogP contribution in [0.2, 0.25) is 0 Å². The van der Waals surface area contributed by atoms with E-state index in [0.29, 0.717) is 11.1 Å². The van der Waals surface area contributed by atoms with Crippen molar-refractivity contribution in [3.05, 3.63) is 52.1 Å². The molecule has 0 saturated carbocycles. The maximum absolute atomic E-state index is 13.2. The van der Waals surface area contributed by atoms with Gasteiger partial charge in [-0.2, -0.15) is 0 Å². The summed E-state index contributed by atoms with van der Waals surface area (Å²) in [5.41, 5.74) is 2.17. The van der Waals surface area contributed by atoms with Gasteiger partial charge in [0.15, 0.2) is 5.78 Å². The third-order valence-corrected chi connectivity index (χ3v) is 4.25. The number of carbonyl (C=O) groups is 4. The van der Waals surface area contributed by atoms with Crippen molar-refractivity contribution in [3.63, 3.8) is 0 Å². The zero-order valence-electron chi connectivity index (χ0n) is 17.2. The Morgan fingerprint density at radius 1 is 0.690 bits per heavy atom. The van der Waals surface area contributed by atoms with Crippen molar-refractivity contribution < 1.29 is 33.4 Å². The van der Waals surface area contributed by atoms with Crippen LogP contribution in [0.25, 0.3) is 0 Å². The van der Waals surface area contributed by atoms with Crippen LogP contribution in [0.15, 0.2) is 24.3 Å². The van der Waals surface area contributed by atoms with Gasteiger partial charge in [-0.05, 0) is 50.1 Å². The molecule has 0 unspecified atom stereocenters. The molecule has 2 rings (SSSR count). The summed E-state index contributed by atoms with van der Waals surface area (Å²) in [6, 6.07) is 6.07. The first-order chi connectivity index (χ1) is 13.5. The van der Waals surface area contributed by atoms with Gasteiger partial charge < -0.3 is 14.2 Å². The molecule has 2 aromatic carbocycles. The molecule has 0 spiro atoms. The Morgan fingerprint density at radius 3 is 1.62 bits per heavy atom. The molecule has 0 saturated heterocycles. The van der Waals surface area contributed by atoms with E-state index in [1.165, 1.54) is 32.9 Å². The second-order valence-corrected chi connectivity index (χ2v) is 6.59. The molecule has 0 amide bonds. The van der Waals surface area contributed by atoms with E-state index in [4.69, 9.17) is 14.2 Å². The first-order valence-corrected chi connectivity index (χ1v) is 8.86. The predicted octanol–water partition coefficient (Wildman–Crippen LogP) is 3.62. The summed E-state index contributed by atoms with van der Waals surface area (Å²) in [7, 11) is 0. The highest BCUT2D eigenvalue weighted by atomic mass is 16.5. The molecule has 0 bridgehead atoms. The van der Waals surface area contributed by atoms with Crippen molar-refractivity contribution in [1.82, 2.24) is 0 Å². The maximum Gasteiger partial charge on any atom is 0.308 e. The Kier molecular flexibility index (Phi) is 6.53. The van der Waals surface area contributed by atoms with Gasteiger partial charge in [0.05, 0.1) is 5.56 Å². The summed E-state index contributed by atoms with van der Waals surface area (Å²) in [4.78, 5) is 47.6. The van der Waals surface area contributed by atoms with E-state index in [-0.39, 0.29) is 28.4 Å². The SMILES string of the molecule is CC(=O)Oc1cc(C(=O)c2ccc(C)c(C)c2OC(C)=O)cc(OC(C)=O)c1C. The fourth-order valence-electron chi connectivity index (χ4n) is 2.71. The quantitative estimate of drug-likeness (QED) is 0.431. The Balaban J connectivity index is 2.66. The standard InChI is InChI=1S/C22H22O7/c1-11-7-8-18(22(12(11)2)29-16(6)25)21(26)17-9-19(27-14(4)23)13(3)20(10-17)28-15(5)24/h7-10H,1-6H3. The molecule has 29 heavy (non-hydrogen) atoms. The van der Waals surface area contributed by atoms with Gasteiger partial charge in [-0.15, -0.1) is 0 Å². The lowest BCUT2D eigenvalue weighted by molar-refractivity contribution is -0.133. The minimum Gasteiger partial charge on any atom is -0.426 e. The molecule has 0 aliphatic heterocycles. The van der Waals surface area contributed by atoms with Crippen LogP contribution in [0.4, 0.5) is 0 Å². The lowest BCUT2D eigenvalue weighted by atomic mass is 9.96. The van der Waals surface area contributed by atoms with E-state index in [2.05, 4.69) is 0 Å². The molecule has 0 N–H and O–H groups in total. The van der Waals surface area contributed by atoms with Gasteiger partial charge in [-0.25, -0.2) is 0 Å². The van der Waals surface area contributed by atoms with E-state index in [1.54, 1.807) is 26.0 Å². The first-order valence-electron chi connectivity index (χ1n) is 8.86. The van der Waals surface area contributed by atoms with E-state index in [9.17, 15) is 19.2 Å². The van der Waals surface area contributed by atoms with E-state index in [1.807, 2.05) is 6.92 Å². The number of carbonyl (C=O) groups excluding carboxylic acids is 4. The number of ether oxygens (including phenoxy) is 3. The summed E-state index contributed by atoms with van der Waals surface area (Å²) in [5, 5.41) is 0. The molecule has 0 aromatic heterocycles. The van der Waals surface area contributed by atoms with Crippen molar-refractivity contribution >= 4 is 23.7 Å². The van der Waals surface area contributed by atoms with Gasteiger partial charge in [0.1, 0.15) is 17.2 Å². The Morgan fingerprint density at radius 2 is 1.17 bits per heavy atom. The normalized spacial score (nSPS) is 10.3. The van der Waals surface area contributed by atoms with Gasteiger partial charge in [0.2, 0.25) is 0 Å². The molecule has 0 fully saturated rings. The Labute approximate surface area is 168 Å². The summed E-state index contributed by atoms with van der Waals surface area (Å²) in [6.07, 6.45) is 0. The molecule has 7 heteroatoms. The highest BCUT2D eigenvalue weighted by Crippen LogP contribution is 2.34. The highest BCUT2D eigenvalue weighted by Gasteiger charge is 2.22. The number of hydrogen-bond acceptors (Lipinski definition) is 7. The van der Waals surface area contributed by atoms with Crippen LogP contribution in [0.3, 0.4) is 0 Å². The second kappa shape index (κ2) is 8.68. The Bertz CT molecular complexity index is 981. The minimum atomic E-state index is -0.585. The molecule has 2 aromatic rings. The molecule has 0 atom stereocenters. The van der Waals surface area contributed by atoms with E-state index in [0.717, 1.165) is 5.56 Å². The smallest absolute Gasteiger partial charge is 0.308 e. The second-order valence-electron chi connectivity index (χ2n) is 6.59. The average molecular weight is 398 g/mol. The van der Waals surface area contributed by atoms with Crippen molar-refractivity contribution in [2.24, 2.45) is 0 Å². The van der Waals surface area contributed by atoms with Crippen molar-refractivity contribution in [2.45, 2.75) is 41.5 Å². The van der Waals surface area contributed by atoms with E-state index < -0.39 is 23.7 Å². The third-order valence-electron chi connectivity index (χ3n) is 4.25. The highest BCUT2D eigenvalue weighted by molar-refractivity contribution is 6.12. The lowest BCUT2D eigenvalue weighted by Gasteiger charge is -2.15. The summed E-state index contributed by atoms with van der Waals surface area (Å²) < 4.78 is 15.6. The van der Waals surface area contributed by atoms with Gasteiger partial charge in [0.25, 0.3) is 0 Å². The molecule has 0 heterocycles. The van der Waals surface area contributed by atoms with Crippen LogP contribution in [0, 0.1) is 20.8 Å². The number of aryl methyl sites for hydroxylation is 1. The summed E-state index contributed by atoms with van der Waals surface area (Å²) in [6.45, 7) is 8.88. The molecule has 152 valence electrons. The number of esters is 3. The molecular formula is C22H22O7. The van der Waals surface area contributed by atoms with Crippen LogP contribution >= 0.6 is 0 Å². The fraction of sp³-hybridized carbons (Fsp3) is 0.273. The number of benzene rings is 2. The lowest BCUT2D eigenvalue weighted by Crippen LogP contribution is -2.12.